The van der Waals surface area contributed by atoms with E-state index in [4.69, 9.17) is 0 Å². The van der Waals surface area contributed by atoms with Gasteiger partial charge < -0.3 is 0 Å². The zero-order valence-corrected chi connectivity index (χ0v) is 64.2. The maximum atomic E-state index is 2.48. The minimum atomic E-state index is -4.27. The fraction of sp³-hybridized carbons (Fsp3) is 0.0370. The summed E-state index contributed by atoms with van der Waals surface area (Å²) in [5.41, 5.74) is 33.1. The first kappa shape index (κ1) is 70.3. The zero-order valence-electron chi connectivity index (χ0n) is 62.1. The molecule has 0 spiro atoms. The van der Waals surface area contributed by atoms with Crippen LogP contribution in [0.2, 0.25) is 0 Å². The van der Waals surface area contributed by atoms with Crippen LogP contribution in [-0.4, -0.2) is 13.3 Å². The Bertz CT molecular complexity index is 5110. The van der Waals surface area contributed by atoms with Gasteiger partial charge in [0.05, 0.1) is 0 Å². The molecule has 0 unspecified atom stereocenters. The van der Waals surface area contributed by atoms with E-state index in [1.807, 2.05) is 0 Å². The molecular weight excluding hydrogens is 1370 g/mol. The molecule has 16 aromatic rings. The third-order valence-electron chi connectivity index (χ3n) is 21.3. The third-order valence-corrected chi connectivity index (χ3v) is 31.3. The first-order valence-corrected chi connectivity index (χ1v) is 42.0. The molecule has 1 heteroatoms. The summed E-state index contributed by atoms with van der Waals surface area (Å²) in [5, 5.41) is 0. The molecule has 16 rings (SSSR count). The van der Waals surface area contributed by atoms with Crippen LogP contribution < -0.4 is 17.6 Å². The molecule has 0 aliphatic heterocycles. The van der Waals surface area contributed by atoms with E-state index in [0.717, 1.165) is 89.1 Å². The standard InChI is InChI=1S/C108H84Ge/c1-77-25-41-85(42-26-77)89-49-33-81(34-50-89)73-105(93-17-9-5-10-18-93)97-57-65-101(66-58-97)109(102-67-59-98(60-68-102)106(94-19-11-6-12-20-94)74-82-35-51-90(52-36-82)86-43-27-78(2)28-44-86,103-69-61-99(62-70-103)107(95-21-13-7-14-22-95)75-83-37-53-91(54-38-83)87-45-29-79(3)30-46-87)104-71-63-100(64-72-104)108(96-23-15-8-16-24-96)76-84-39-55-92(56-40-84)88-47-31-80(4)32-48-88/h5-76H,1-4H3. The average molecular weight is 1450 g/mol. The zero-order chi connectivity index (χ0) is 73.9. The fourth-order valence-corrected chi connectivity index (χ4v) is 24.9. The van der Waals surface area contributed by atoms with Gasteiger partial charge in [0.1, 0.15) is 0 Å². The summed E-state index contributed by atoms with van der Waals surface area (Å²) >= 11 is -4.27. The molecule has 0 fully saturated rings. The van der Waals surface area contributed by atoms with Gasteiger partial charge in [-0.2, -0.15) is 0 Å². The van der Waals surface area contributed by atoms with Gasteiger partial charge in [0.15, 0.2) is 0 Å². The van der Waals surface area contributed by atoms with E-state index >= 15 is 0 Å². The minimum Gasteiger partial charge on any atom is -0.0587 e. The quantitative estimate of drug-likeness (QED) is 0.0527. The molecule has 0 N–H and O–H groups in total. The Kier molecular flexibility index (Phi) is 20.9. The van der Waals surface area contributed by atoms with Crippen molar-refractivity contribution in [2.24, 2.45) is 0 Å². The van der Waals surface area contributed by atoms with Crippen molar-refractivity contribution in [2.75, 3.05) is 0 Å². The third kappa shape index (κ3) is 16.0. The molecule has 0 aliphatic carbocycles. The van der Waals surface area contributed by atoms with Gasteiger partial charge in [-0.05, 0) is 27.7 Å². The van der Waals surface area contributed by atoms with Gasteiger partial charge in [-0.15, -0.1) is 0 Å². The molecule has 0 saturated heterocycles. The summed E-state index contributed by atoms with van der Waals surface area (Å²) < 4.78 is 5.28. The summed E-state index contributed by atoms with van der Waals surface area (Å²) in [4.78, 5) is 0. The average Bonchev–Trinajstić information content (AvgIpc) is 0.726. The van der Waals surface area contributed by atoms with Crippen LogP contribution in [0.4, 0.5) is 0 Å². The predicted octanol–water partition coefficient (Wildman–Crippen LogP) is 25.3. The van der Waals surface area contributed by atoms with Crippen molar-refractivity contribution < 1.29 is 0 Å². The van der Waals surface area contributed by atoms with Crippen molar-refractivity contribution >= 4 is 77.4 Å². The van der Waals surface area contributed by atoms with E-state index in [0.29, 0.717) is 0 Å². The Morgan fingerprint density at radius 1 is 0.156 bits per heavy atom. The Morgan fingerprint density at radius 3 is 0.468 bits per heavy atom. The van der Waals surface area contributed by atoms with Gasteiger partial charge in [-0.25, -0.2) is 0 Å². The van der Waals surface area contributed by atoms with Crippen molar-refractivity contribution in [3.8, 4) is 44.5 Å². The number of benzene rings is 16. The molecule has 109 heavy (non-hydrogen) atoms. The van der Waals surface area contributed by atoms with E-state index in [1.165, 1.54) is 84.3 Å². The van der Waals surface area contributed by atoms with Crippen molar-refractivity contribution in [1.29, 1.82) is 0 Å². The fourth-order valence-electron chi connectivity index (χ4n) is 15.1. The SMILES string of the molecule is Cc1ccc(-c2ccc(C=C(c3ccccc3)c3cc[c]([Ge]([c]4ccc(C(=Cc5ccc(-c6ccc(C)cc6)cc5)c5ccccc5)cc4)([c]4ccc(C(=Cc5ccc(-c6ccc(C)cc6)cc5)c5ccccc5)cc4)[c]4ccc(C(=Cc5ccc(-c6ccc(C)cc6)cc5)c5ccccc5)cc4)cc3)cc2)cc1. The van der Waals surface area contributed by atoms with Gasteiger partial charge in [0.2, 0.25) is 0 Å². The Morgan fingerprint density at radius 2 is 0.303 bits per heavy atom. The Labute approximate surface area is 646 Å². The molecule has 520 valence electrons. The summed E-state index contributed by atoms with van der Waals surface area (Å²) in [6.07, 6.45) is 9.43. The molecule has 0 atom stereocenters. The van der Waals surface area contributed by atoms with Crippen LogP contribution in [0.1, 0.15) is 89.0 Å². The molecule has 0 aliphatic rings. The van der Waals surface area contributed by atoms with E-state index in [9.17, 15) is 0 Å². The maximum absolute atomic E-state index is 4.27. The number of hydrogen-bond donors (Lipinski definition) is 0. The summed E-state index contributed by atoms with van der Waals surface area (Å²) in [7, 11) is 0. The van der Waals surface area contributed by atoms with Gasteiger partial charge in [0.25, 0.3) is 0 Å². The van der Waals surface area contributed by atoms with Gasteiger partial charge >= 0.3 is 553 Å². The van der Waals surface area contributed by atoms with Gasteiger partial charge in [-0.3, -0.25) is 0 Å². The molecule has 0 aromatic heterocycles. The number of hydrogen-bond acceptors (Lipinski definition) is 0. The number of aryl methyl sites for hydroxylation is 4. The molecule has 0 nitrogen and oxygen atoms in total. The van der Waals surface area contributed by atoms with Crippen LogP contribution in [0.15, 0.2) is 413 Å². The molecular formula is C108H84Ge. The van der Waals surface area contributed by atoms with Crippen LogP contribution in [-0.2, 0) is 0 Å². The summed E-state index contributed by atoms with van der Waals surface area (Å²) in [5.74, 6) is 0. The first-order valence-electron chi connectivity index (χ1n) is 37.8. The smallest absolute Gasteiger partial charge is 0.0587 e. The second-order valence-electron chi connectivity index (χ2n) is 28.7. The summed E-state index contributed by atoms with van der Waals surface area (Å²) in [6.45, 7) is 8.56. The van der Waals surface area contributed by atoms with Crippen molar-refractivity contribution in [3.05, 3.63) is 502 Å². The van der Waals surface area contributed by atoms with Crippen LogP contribution in [0.25, 0.3) is 91.1 Å². The van der Waals surface area contributed by atoms with Crippen molar-refractivity contribution in [2.45, 2.75) is 27.7 Å². The van der Waals surface area contributed by atoms with E-state index in [-0.39, 0.29) is 0 Å². The predicted molar refractivity (Wildman–Crippen MR) is 470 cm³/mol. The normalized spacial score (nSPS) is 12.5. The van der Waals surface area contributed by atoms with E-state index < -0.39 is 13.3 Å². The molecule has 0 heterocycles. The van der Waals surface area contributed by atoms with Gasteiger partial charge in [-0.1, -0.05) is 70.8 Å². The molecule has 0 saturated carbocycles. The number of rotatable bonds is 20. The van der Waals surface area contributed by atoms with Crippen molar-refractivity contribution in [1.82, 2.24) is 0 Å². The topological polar surface area (TPSA) is 0 Å². The van der Waals surface area contributed by atoms with Crippen LogP contribution in [0.5, 0.6) is 0 Å². The van der Waals surface area contributed by atoms with Gasteiger partial charge in [0, 0.05) is 0 Å². The first-order chi connectivity index (χ1) is 53.6. The van der Waals surface area contributed by atoms with Crippen LogP contribution in [0.3, 0.4) is 0 Å². The molecule has 0 radical (unpaired) electrons. The molecule has 0 bridgehead atoms. The Balaban J connectivity index is 0.881. The van der Waals surface area contributed by atoms with E-state index in [1.54, 1.807) is 0 Å². The van der Waals surface area contributed by atoms with Crippen LogP contribution >= 0.6 is 0 Å². The van der Waals surface area contributed by atoms with Crippen LogP contribution in [0, 0.1) is 27.7 Å². The Hall–Kier alpha value is -13.0. The second kappa shape index (κ2) is 32.4. The molecule has 16 aromatic carbocycles. The summed E-state index contributed by atoms with van der Waals surface area (Å²) in [6, 6.07) is 154. The minimum absolute atomic E-state index is 1.14. The molecule has 0 amide bonds. The monoisotopic (exact) mass is 1450 g/mol. The van der Waals surface area contributed by atoms with E-state index in [2.05, 4.69) is 465 Å². The second-order valence-corrected chi connectivity index (χ2v) is 36.7. The van der Waals surface area contributed by atoms with Crippen molar-refractivity contribution in [3.63, 3.8) is 0 Å².